The number of hydrogen-bond donors (Lipinski definition) is 0. The van der Waals surface area contributed by atoms with Gasteiger partial charge in [-0.3, -0.25) is 0 Å². The Bertz CT molecular complexity index is 3620. The second-order valence-corrected chi connectivity index (χ2v) is 16.8. The lowest BCUT2D eigenvalue weighted by molar-refractivity contribution is 1.29. The van der Waals surface area contributed by atoms with Crippen LogP contribution in [-0.2, 0) is 0 Å². The molecule has 62 heavy (non-hydrogen) atoms. The third kappa shape index (κ3) is 6.28. The minimum atomic E-state index is 0.883. The number of thiophene rings is 1. The fourth-order valence-corrected chi connectivity index (χ4v) is 10.1. The molecule has 0 spiro atoms. The van der Waals surface area contributed by atoms with E-state index in [9.17, 15) is 0 Å². The van der Waals surface area contributed by atoms with Crippen molar-refractivity contribution < 1.29 is 0 Å². The van der Waals surface area contributed by atoms with Gasteiger partial charge in [-0.05, 0) is 99.1 Å². The number of benzene rings is 10. The van der Waals surface area contributed by atoms with Gasteiger partial charge in [-0.25, -0.2) is 9.97 Å². The molecule has 0 unspecified atom stereocenters. The Balaban J connectivity index is 0.962. The van der Waals surface area contributed by atoms with Crippen LogP contribution in [0.1, 0.15) is 0 Å². The van der Waals surface area contributed by atoms with Gasteiger partial charge in [0.25, 0.3) is 0 Å². The van der Waals surface area contributed by atoms with Gasteiger partial charge < -0.3 is 4.90 Å². The van der Waals surface area contributed by atoms with E-state index < -0.39 is 0 Å². The van der Waals surface area contributed by atoms with E-state index in [2.05, 4.69) is 217 Å². The van der Waals surface area contributed by atoms with Crippen molar-refractivity contribution in [3.8, 4) is 44.8 Å². The summed E-state index contributed by atoms with van der Waals surface area (Å²) < 4.78 is 2.60. The van der Waals surface area contributed by atoms with E-state index in [1.807, 2.05) is 23.5 Å². The van der Waals surface area contributed by atoms with Crippen LogP contribution in [0.3, 0.4) is 0 Å². The standard InChI is InChI=1S/C58H37N3S/c1-4-13-38(14-5-1)43-19-12-20-47(36-43)61(48-31-34-54-51(37-48)50-21-10-11-22-53(50)62-54)46-29-25-39(26-30-46)44-27-32-49-45(35-44)24-23-40-28-33-52-58(55(40)49)60-57(42-17-8-3-9-18-42)56(59-52)41-15-6-2-7-16-41/h1-37H. The average Bonchev–Trinajstić information content (AvgIpc) is 3.72. The van der Waals surface area contributed by atoms with Crippen LogP contribution in [0.2, 0.25) is 0 Å². The van der Waals surface area contributed by atoms with Crippen molar-refractivity contribution in [2.75, 3.05) is 4.90 Å². The molecule has 0 atom stereocenters. The highest BCUT2D eigenvalue weighted by atomic mass is 32.1. The second-order valence-electron chi connectivity index (χ2n) is 15.8. The SMILES string of the molecule is c1ccc(-c2cccc(N(c3ccc(-c4ccc5c(ccc6ccc7nc(-c8ccccc8)c(-c8ccccc8)nc7c65)c4)cc3)c3ccc4sc5ccccc5c4c3)c2)cc1. The lowest BCUT2D eigenvalue weighted by Gasteiger charge is -2.26. The van der Waals surface area contributed by atoms with E-state index in [0.29, 0.717) is 0 Å². The van der Waals surface area contributed by atoms with Gasteiger partial charge >= 0.3 is 0 Å². The molecule has 12 rings (SSSR count). The van der Waals surface area contributed by atoms with Crippen LogP contribution in [0.15, 0.2) is 224 Å². The molecule has 2 aromatic heterocycles. The van der Waals surface area contributed by atoms with Gasteiger partial charge in [0.05, 0.1) is 22.4 Å². The van der Waals surface area contributed by atoms with Gasteiger partial charge in [-0.1, -0.05) is 164 Å². The quantitative estimate of drug-likeness (QED) is 0.150. The Morgan fingerprint density at radius 2 is 0.887 bits per heavy atom. The summed E-state index contributed by atoms with van der Waals surface area (Å²) >= 11 is 1.85. The molecular formula is C58H37N3S. The molecule has 0 saturated carbocycles. The smallest absolute Gasteiger partial charge is 0.0979 e. The number of hydrogen-bond acceptors (Lipinski definition) is 4. The largest absolute Gasteiger partial charge is 0.310 e. The Morgan fingerprint density at radius 3 is 1.66 bits per heavy atom. The molecule has 0 N–H and O–H groups in total. The molecule has 12 aromatic rings. The summed E-state index contributed by atoms with van der Waals surface area (Å²) in [4.78, 5) is 13.1. The predicted molar refractivity (Wildman–Crippen MR) is 264 cm³/mol. The minimum Gasteiger partial charge on any atom is -0.310 e. The van der Waals surface area contributed by atoms with E-state index in [1.165, 1.54) is 31.3 Å². The fraction of sp³-hybridized carbons (Fsp3) is 0. The number of fused-ring (bicyclic) bond motifs is 8. The summed E-state index contributed by atoms with van der Waals surface area (Å²) in [6.45, 7) is 0. The zero-order valence-electron chi connectivity index (χ0n) is 33.6. The Kier molecular flexibility index (Phi) is 8.68. The van der Waals surface area contributed by atoms with Gasteiger partial charge in [-0.15, -0.1) is 11.3 Å². The summed E-state index contributed by atoms with van der Waals surface area (Å²) in [6, 6.07) is 80.4. The first-order chi connectivity index (χ1) is 30.7. The summed E-state index contributed by atoms with van der Waals surface area (Å²) in [5.41, 5.74) is 13.7. The maximum Gasteiger partial charge on any atom is 0.0979 e. The minimum absolute atomic E-state index is 0.883. The van der Waals surface area contributed by atoms with Gasteiger partial charge in [0.15, 0.2) is 0 Å². The van der Waals surface area contributed by atoms with E-state index >= 15 is 0 Å². The van der Waals surface area contributed by atoms with E-state index in [4.69, 9.17) is 9.97 Å². The topological polar surface area (TPSA) is 29.0 Å². The molecule has 0 aliphatic heterocycles. The number of aromatic nitrogens is 2. The van der Waals surface area contributed by atoms with Crippen LogP contribution in [0.4, 0.5) is 17.1 Å². The van der Waals surface area contributed by atoms with Crippen LogP contribution in [0.5, 0.6) is 0 Å². The van der Waals surface area contributed by atoms with Crippen LogP contribution in [-0.4, -0.2) is 9.97 Å². The predicted octanol–water partition coefficient (Wildman–Crippen LogP) is 16.4. The molecule has 2 heterocycles. The van der Waals surface area contributed by atoms with Crippen molar-refractivity contribution in [2.45, 2.75) is 0 Å². The molecule has 0 amide bonds. The third-order valence-corrected chi connectivity index (χ3v) is 13.2. The molecule has 4 heteroatoms. The zero-order valence-corrected chi connectivity index (χ0v) is 34.4. The fourth-order valence-electron chi connectivity index (χ4n) is 9.00. The molecule has 290 valence electrons. The van der Waals surface area contributed by atoms with Crippen molar-refractivity contribution >= 4 is 81.1 Å². The molecule has 0 bridgehead atoms. The summed E-state index contributed by atoms with van der Waals surface area (Å²) in [5, 5.41) is 7.16. The Hall–Kier alpha value is -7.92. The van der Waals surface area contributed by atoms with Crippen LogP contribution in [0, 0.1) is 0 Å². The Labute approximate surface area is 363 Å². The molecule has 0 aliphatic carbocycles. The monoisotopic (exact) mass is 807 g/mol. The van der Waals surface area contributed by atoms with E-state index in [1.54, 1.807) is 0 Å². The van der Waals surface area contributed by atoms with Gasteiger partial charge in [0, 0.05) is 53.7 Å². The number of nitrogens with zero attached hydrogens (tertiary/aromatic N) is 3. The van der Waals surface area contributed by atoms with Gasteiger partial charge in [-0.2, -0.15) is 0 Å². The van der Waals surface area contributed by atoms with Crippen molar-refractivity contribution in [1.29, 1.82) is 0 Å². The van der Waals surface area contributed by atoms with Crippen LogP contribution < -0.4 is 4.90 Å². The normalized spacial score (nSPS) is 11.5. The van der Waals surface area contributed by atoms with Crippen molar-refractivity contribution in [3.05, 3.63) is 224 Å². The molecule has 10 aromatic carbocycles. The highest BCUT2D eigenvalue weighted by molar-refractivity contribution is 7.25. The van der Waals surface area contributed by atoms with Crippen LogP contribution in [0.25, 0.3) is 97.5 Å². The highest BCUT2D eigenvalue weighted by Gasteiger charge is 2.18. The average molecular weight is 808 g/mol. The summed E-state index contributed by atoms with van der Waals surface area (Å²) in [6.07, 6.45) is 0. The third-order valence-electron chi connectivity index (χ3n) is 12.0. The lowest BCUT2D eigenvalue weighted by Crippen LogP contribution is -2.10. The molecule has 0 fully saturated rings. The maximum absolute atomic E-state index is 5.44. The van der Waals surface area contributed by atoms with Crippen molar-refractivity contribution in [3.63, 3.8) is 0 Å². The highest BCUT2D eigenvalue weighted by Crippen LogP contribution is 2.43. The van der Waals surface area contributed by atoms with E-state index in [-0.39, 0.29) is 0 Å². The molecule has 0 radical (unpaired) electrons. The number of anilines is 3. The zero-order chi connectivity index (χ0) is 41.0. The molecule has 0 aliphatic rings. The van der Waals surface area contributed by atoms with Crippen molar-refractivity contribution in [2.24, 2.45) is 0 Å². The Morgan fingerprint density at radius 1 is 0.323 bits per heavy atom. The summed E-state index contributed by atoms with van der Waals surface area (Å²) in [7, 11) is 0. The van der Waals surface area contributed by atoms with Crippen molar-refractivity contribution in [1.82, 2.24) is 9.97 Å². The maximum atomic E-state index is 5.44. The summed E-state index contributed by atoms with van der Waals surface area (Å²) in [5.74, 6) is 0. The second kappa shape index (κ2) is 15.0. The first-order valence-corrected chi connectivity index (χ1v) is 21.8. The molecule has 0 saturated heterocycles. The molecule has 3 nitrogen and oxygen atoms in total. The molecular weight excluding hydrogens is 771 g/mol. The number of rotatable bonds is 7. The first-order valence-electron chi connectivity index (χ1n) is 21.0. The van der Waals surface area contributed by atoms with E-state index in [0.717, 1.165) is 83.3 Å². The lowest BCUT2D eigenvalue weighted by atomic mass is 9.96. The van der Waals surface area contributed by atoms with Gasteiger partial charge in [0.1, 0.15) is 0 Å². The van der Waals surface area contributed by atoms with Crippen LogP contribution >= 0.6 is 11.3 Å². The van der Waals surface area contributed by atoms with Gasteiger partial charge in [0.2, 0.25) is 0 Å². The first kappa shape index (κ1) is 36.0.